The smallest absolute Gasteiger partial charge is 0.270 e. The van der Waals surface area contributed by atoms with Crippen molar-refractivity contribution in [2.75, 3.05) is 24.5 Å². The average Bonchev–Trinajstić information content (AvgIpc) is 3.09. The third-order valence-electron chi connectivity index (χ3n) is 3.89. The van der Waals surface area contributed by atoms with Gasteiger partial charge in [0.05, 0.1) is 0 Å². The first kappa shape index (κ1) is 14.6. The summed E-state index contributed by atoms with van der Waals surface area (Å²) in [6.07, 6.45) is 9.07. The molecule has 1 N–H and O–H groups in total. The first-order valence-corrected chi connectivity index (χ1v) is 7.79. The van der Waals surface area contributed by atoms with Gasteiger partial charge in [0, 0.05) is 44.6 Å². The largest absolute Gasteiger partial charge is 0.357 e. The molecule has 22 heavy (non-hydrogen) atoms. The third-order valence-corrected chi connectivity index (χ3v) is 3.89. The molecule has 0 radical (unpaired) electrons. The maximum absolute atomic E-state index is 12.2. The third kappa shape index (κ3) is 3.63. The lowest BCUT2D eigenvalue weighted by Gasteiger charge is -2.27. The van der Waals surface area contributed by atoms with E-state index in [1.165, 1.54) is 25.6 Å². The standard InChI is InChI=1S/C16H21N5O/c22-16(17-6-11-20-7-4-5-8-20)14-12-15(19-13-18-14)21-9-2-1-3-10-21/h4-5,7-8,12-13H,1-3,6,9-11H2,(H,17,22). The van der Waals surface area contributed by atoms with Gasteiger partial charge in [0.15, 0.2) is 0 Å². The van der Waals surface area contributed by atoms with Crippen molar-refractivity contribution in [1.29, 1.82) is 0 Å². The predicted molar refractivity (Wildman–Crippen MR) is 84.9 cm³/mol. The van der Waals surface area contributed by atoms with Gasteiger partial charge in [-0.1, -0.05) is 0 Å². The maximum atomic E-state index is 12.2. The molecule has 116 valence electrons. The van der Waals surface area contributed by atoms with Gasteiger partial charge in [0.25, 0.3) is 5.91 Å². The van der Waals surface area contributed by atoms with E-state index in [2.05, 4.69) is 20.2 Å². The van der Waals surface area contributed by atoms with Gasteiger partial charge in [-0.05, 0) is 31.4 Å². The number of anilines is 1. The summed E-state index contributed by atoms with van der Waals surface area (Å²) in [5.41, 5.74) is 0.433. The van der Waals surface area contributed by atoms with E-state index in [1.807, 2.05) is 29.1 Å². The SMILES string of the molecule is O=C(NCCn1cccc1)c1cc(N2CCCCC2)ncn1. The van der Waals surface area contributed by atoms with Crippen LogP contribution in [0.3, 0.4) is 0 Å². The van der Waals surface area contributed by atoms with Gasteiger partial charge < -0.3 is 14.8 Å². The van der Waals surface area contributed by atoms with Gasteiger partial charge in [0.1, 0.15) is 17.8 Å². The second-order valence-electron chi connectivity index (χ2n) is 5.49. The molecule has 0 saturated carbocycles. The molecule has 0 spiro atoms. The van der Waals surface area contributed by atoms with Crippen LogP contribution in [0.4, 0.5) is 5.82 Å². The highest BCUT2D eigenvalue weighted by Crippen LogP contribution is 2.17. The minimum Gasteiger partial charge on any atom is -0.357 e. The molecule has 3 rings (SSSR count). The molecule has 2 aromatic rings. The van der Waals surface area contributed by atoms with E-state index in [0.717, 1.165) is 25.5 Å². The predicted octanol–water partition coefficient (Wildman–Crippen LogP) is 1.70. The molecule has 3 heterocycles. The van der Waals surface area contributed by atoms with Crippen LogP contribution >= 0.6 is 0 Å². The summed E-state index contributed by atoms with van der Waals surface area (Å²) in [7, 11) is 0. The van der Waals surface area contributed by atoms with Crippen molar-refractivity contribution in [1.82, 2.24) is 19.9 Å². The molecule has 6 nitrogen and oxygen atoms in total. The number of nitrogens with one attached hydrogen (secondary N) is 1. The van der Waals surface area contributed by atoms with Gasteiger partial charge in [-0.25, -0.2) is 9.97 Å². The molecule has 1 aliphatic heterocycles. The fourth-order valence-electron chi connectivity index (χ4n) is 2.68. The molecule has 1 fully saturated rings. The van der Waals surface area contributed by atoms with Crippen LogP contribution in [-0.2, 0) is 6.54 Å². The summed E-state index contributed by atoms with van der Waals surface area (Å²) in [6, 6.07) is 5.73. The Morgan fingerprint density at radius 1 is 1.14 bits per heavy atom. The molecule has 1 saturated heterocycles. The Balaban J connectivity index is 1.57. The molecule has 0 unspecified atom stereocenters. The fraction of sp³-hybridized carbons (Fsp3) is 0.438. The van der Waals surface area contributed by atoms with Crippen molar-refractivity contribution in [3.8, 4) is 0 Å². The zero-order chi connectivity index (χ0) is 15.2. The normalized spacial score (nSPS) is 14.8. The molecule has 0 bridgehead atoms. The number of carbonyl (C=O) groups is 1. The molecule has 6 heteroatoms. The van der Waals surface area contributed by atoms with Crippen LogP contribution < -0.4 is 10.2 Å². The van der Waals surface area contributed by atoms with E-state index >= 15 is 0 Å². The number of carbonyl (C=O) groups excluding carboxylic acids is 1. The highest BCUT2D eigenvalue weighted by molar-refractivity contribution is 5.92. The minimum atomic E-state index is -0.146. The van der Waals surface area contributed by atoms with Crippen LogP contribution in [0.2, 0.25) is 0 Å². The number of hydrogen-bond acceptors (Lipinski definition) is 4. The number of nitrogens with zero attached hydrogens (tertiary/aromatic N) is 4. The summed E-state index contributed by atoms with van der Waals surface area (Å²) in [4.78, 5) is 22.8. The summed E-state index contributed by atoms with van der Waals surface area (Å²) >= 11 is 0. The Hall–Kier alpha value is -2.37. The average molecular weight is 299 g/mol. The van der Waals surface area contributed by atoms with Gasteiger partial charge >= 0.3 is 0 Å². The van der Waals surface area contributed by atoms with Crippen LogP contribution in [0.5, 0.6) is 0 Å². The minimum absolute atomic E-state index is 0.146. The Kier molecular flexibility index (Phi) is 4.68. The van der Waals surface area contributed by atoms with E-state index < -0.39 is 0 Å². The van der Waals surface area contributed by atoms with Crippen LogP contribution in [0.25, 0.3) is 0 Å². The molecule has 2 aromatic heterocycles. The number of piperidine rings is 1. The van der Waals surface area contributed by atoms with Crippen molar-refractivity contribution in [3.63, 3.8) is 0 Å². The zero-order valence-corrected chi connectivity index (χ0v) is 12.6. The second kappa shape index (κ2) is 7.06. The van der Waals surface area contributed by atoms with Crippen molar-refractivity contribution in [2.24, 2.45) is 0 Å². The molecular formula is C16H21N5O. The maximum Gasteiger partial charge on any atom is 0.270 e. The van der Waals surface area contributed by atoms with Crippen molar-refractivity contribution < 1.29 is 4.79 Å². The highest BCUT2D eigenvalue weighted by Gasteiger charge is 2.15. The number of hydrogen-bond donors (Lipinski definition) is 1. The lowest BCUT2D eigenvalue weighted by Crippen LogP contribution is -2.31. The quantitative estimate of drug-likeness (QED) is 0.913. The Labute approximate surface area is 130 Å². The van der Waals surface area contributed by atoms with Crippen molar-refractivity contribution >= 4 is 11.7 Å². The zero-order valence-electron chi connectivity index (χ0n) is 12.6. The highest BCUT2D eigenvalue weighted by atomic mass is 16.1. The molecule has 1 amide bonds. The topological polar surface area (TPSA) is 63.1 Å². The number of amides is 1. The van der Waals surface area contributed by atoms with Gasteiger partial charge in [-0.15, -0.1) is 0 Å². The number of aromatic nitrogens is 3. The van der Waals surface area contributed by atoms with E-state index in [4.69, 9.17) is 0 Å². The van der Waals surface area contributed by atoms with E-state index in [1.54, 1.807) is 6.07 Å². The van der Waals surface area contributed by atoms with Crippen LogP contribution in [0, 0.1) is 0 Å². The molecule has 1 aliphatic rings. The molecule has 0 aromatic carbocycles. The van der Waals surface area contributed by atoms with Gasteiger partial charge in [0.2, 0.25) is 0 Å². The summed E-state index contributed by atoms with van der Waals surface area (Å²) in [5.74, 6) is 0.707. The summed E-state index contributed by atoms with van der Waals surface area (Å²) < 4.78 is 2.03. The molecule has 0 aliphatic carbocycles. The first-order valence-electron chi connectivity index (χ1n) is 7.79. The van der Waals surface area contributed by atoms with Gasteiger partial charge in [-0.3, -0.25) is 4.79 Å². The Morgan fingerprint density at radius 2 is 1.91 bits per heavy atom. The lowest BCUT2D eigenvalue weighted by atomic mass is 10.1. The Bertz CT molecular complexity index is 605. The monoisotopic (exact) mass is 299 g/mol. The molecule has 0 atom stereocenters. The van der Waals surface area contributed by atoms with Crippen LogP contribution in [-0.4, -0.2) is 40.1 Å². The summed E-state index contributed by atoms with van der Waals surface area (Å²) in [5, 5.41) is 2.90. The second-order valence-corrected chi connectivity index (χ2v) is 5.49. The van der Waals surface area contributed by atoms with E-state index in [-0.39, 0.29) is 5.91 Å². The van der Waals surface area contributed by atoms with Crippen molar-refractivity contribution in [2.45, 2.75) is 25.8 Å². The van der Waals surface area contributed by atoms with Crippen LogP contribution in [0.15, 0.2) is 36.9 Å². The number of rotatable bonds is 5. The first-order chi connectivity index (χ1) is 10.8. The van der Waals surface area contributed by atoms with Crippen molar-refractivity contribution in [3.05, 3.63) is 42.6 Å². The van der Waals surface area contributed by atoms with Crippen LogP contribution in [0.1, 0.15) is 29.8 Å². The lowest BCUT2D eigenvalue weighted by molar-refractivity contribution is 0.0947. The Morgan fingerprint density at radius 3 is 2.68 bits per heavy atom. The summed E-state index contributed by atoms with van der Waals surface area (Å²) in [6.45, 7) is 3.34. The fourth-order valence-corrected chi connectivity index (χ4v) is 2.68. The van der Waals surface area contributed by atoms with E-state index in [9.17, 15) is 4.79 Å². The molecular weight excluding hydrogens is 278 g/mol. The van der Waals surface area contributed by atoms with E-state index in [0.29, 0.717) is 12.2 Å². The van der Waals surface area contributed by atoms with Gasteiger partial charge in [-0.2, -0.15) is 0 Å².